The first-order valence-electron chi connectivity index (χ1n) is 7.52. The summed E-state index contributed by atoms with van der Waals surface area (Å²) in [5.74, 6) is 0.613. The lowest BCUT2D eigenvalue weighted by Crippen LogP contribution is -2.44. The summed E-state index contributed by atoms with van der Waals surface area (Å²) in [6.07, 6.45) is 1.21. The highest BCUT2D eigenvalue weighted by Crippen LogP contribution is 2.16. The summed E-state index contributed by atoms with van der Waals surface area (Å²) in [6, 6.07) is 8.84. The summed E-state index contributed by atoms with van der Waals surface area (Å²) >= 11 is 0. The standard InChI is InChI=1S/C16H27N3/c1-14(2)15-4-6-16(7-5-15)18-8-3-11-19-12-9-17-10-13-19/h4-7,14,17-18H,3,8-13H2,1-2H3. The monoisotopic (exact) mass is 261 g/mol. The van der Waals surface area contributed by atoms with E-state index in [-0.39, 0.29) is 0 Å². The van der Waals surface area contributed by atoms with Crippen molar-refractivity contribution in [1.82, 2.24) is 10.2 Å². The molecule has 3 nitrogen and oxygen atoms in total. The zero-order valence-electron chi connectivity index (χ0n) is 12.3. The molecule has 1 aliphatic rings. The highest BCUT2D eigenvalue weighted by Gasteiger charge is 2.08. The molecule has 1 fully saturated rings. The molecule has 0 aliphatic carbocycles. The molecule has 0 radical (unpaired) electrons. The third kappa shape index (κ3) is 4.84. The maximum absolute atomic E-state index is 3.51. The van der Waals surface area contributed by atoms with Crippen molar-refractivity contribution >= 4 is 5.69 Å². The van der Waals surface area contributed by atoms with Gasteiger partial charge < -0.3 is 15.5 Å². The van der Waals surface area contributed by atoms with E-state index in [4.69, 9.17) is 0 Å². The highest BCUT2D eigenvalue weighted by atomic mass is 15.2. The topological polar surface area (TPSA) is 27.3 Å². The number of piperazine rings is 1. The minimum atomic E-state index is 0.613. The predicted octanol–water partition coefficient (Wildman–Crippen LogP) is 2.52. The van der Waals surface area contributed by atoms with Crippen LogP contribution in [0.25, 0.3) is 0 Å². The molecule has 1 heterocycles. The molecule has 1 aliphatic heterocycles. The van der Waals surface area contributed by atoms with E-state index in [0.29, 0.717) is 5.92 Å². The summed E-state index contributed by atoms with van der Waals surface area (Å²) < 4.78 is 0. The first-order chi connectivity index (χ1) is 9.25. The zero-order chi connectivity index (χ0) is 13.5. The summed E-state index contributed by atoms with van der Waals surface area (Å²) in [4.78, 5) is 2.54. The Balaban J connectivity index is 1.64. The van der Waals surface area contributed by atoms with Crippen LogP contribution in [0.3, 0.4) is 0 Å². The third-order valence-corrected chi connectivity index (χ3v) is 3.77. The average Bonchev–Trinajstić information content (AvgIpc) is 2.45. The van der Waals surface area contributed by atoms with Gasteiger partial charge in [-0.05, 0) is 36.6 Å². The molecule has 0 spiro atoms. The van der Waals surface area contributed by atoms with Crippen molar-refractivity contribution in [3.8, 4) is 0 Å². The lowest BCUT2D eigenvalue weighted by atomic mass is 10.0. The van der Waals surface area contributed by atoms with Gasteiger partial charge in [-0.2, -0.15) is 0 Å². The first-order valence-corrected chi connectivity index (χ1v) is 7.52. The van der Waals surface area contributed by atoms with E-state index in [0.717, 1.165) is 19.6 Å². The van der Waals surface area contributed by atoms with Crippen LogP contribution in [0.15, 0.2) is 24.3 Å². The summed E-state index contributed by atoms with van der Waals surface area (Å²) in [7, 11) is 0. The molecule has 106 valence electrons. The Kier molecular flexibility index (Phi) is 5.67. The fourth-order valence-electron chi connectivity index (χ4n) is 2.46. The molecule has 1 saturated heterocycles. The van der Waals surface area contributed by atoms with Crippen molar-refractivity contribution < 1.29 is 0 Å². The molecule has 0 amide bonds. The molecule has 1 aromatic rings. The Morgan fingerprint density at radius 3 is 2.47 bits per heavy atom. The molecule has 0 saturated carbocycles. The summed E-state index contributed by atoms with van der Waals surface area (Å²) in [6.45, 7) is 11.4. The molecule has 3 heteroatoms. The maximum atomic E-state index is 3.51. The number of benzene rings is 1. The fraction of sp³-hybridized carbons (Fsp3) is 0.625. The molecule has 1 aromatic carbocycles. The lowest BCUT2D eigenvalue weighted by molar-refractivity contribution is 0.240. The molecule has 0 atom stereocenters. The normalized spacial score (nSPS) is 16.8. The van der Waals surface area contributed by atoms with E-state index in [2.05, 4.69) is 53.6 Å². The maximum Gasteiger partial charge on any atom is 0.0340 e. The Morgan fingerprint density at radius 2 is 1.84 bits per heavy atom. The molecular weight excluding hydrogens is 234 g/mol. The van der Waals surface area contributed by atoms with E-state index in [1.54, 1.807) is 0 Å². The SMILES string of the molecule is CC(C)c1ccc(NCCCN2CCNCC2)cc1. The number of nitrogens with one attached hydrogen (secondary N) is 2. The minimum absolute atomic E-state index is 0.613. The largest absolute Gasteiger partial charge is 0.385 e. The first kappa shape index (κ1) is 14.4. The van der Waals surface area contributed by atoms with E-state index in [1.165, 1.54) is 37.3 Å². The molecule has 2 rings (SSSR count). The van der Waals surface area contributed by atoms with Crippen molar-refractivity contribution in [2.75, 3.05) is 44.6 Å². The molecule has 2 N–H and O–H groups in total. The smallest absolute Gasteiger partial charge is 0.0340 e. The summed E-state index contributed by atoms with van der Waals surface area (Å²) in [5, 5.41) is 6.90. The molecule has 0 aromatic heterocycles. The molecule has 0 bridgehead atoms. The van der Waals surface area contributed by atoms with Gasteiger partial charge in [0.1, 0.15) is 0 Å². The summed E-state index contributed by atoms with van der Waals surface area (Å²) in [5.41, 5.74) is 2.65. The molecular formula is C16H27N3. The van der Waals surface area contributed by atoms with Crippen LogP contribution >= 0.6 is 0 Å². The molecule has 0 unspecified atom stereocenters. The van der Waals surface area contributed by atoms with Crippen LogP contribution in [-0.4, -0.2) is 44.2 Å². The van der Waals surface area contributed by atoms with Crippen LogP contribution in [0.5, 0.6) is 0 Å². The van der Waals surface area contributed by atoms with Crippen LogP contribution in [0.1, 0.15) is 31.7 Å². The quantitative estimate of drug-likeness (QED) is 0.771. The van der Waals surface area contributed by atoms with Gasteiger partial charge in [0.2, 0.25) is 0 Å². The second kappa shape index (κ2) is 7.51. The predicted molar refractivity (Wildman–Crippen MR) is 82.9 cm³/mol. The third-order valence-electron chi connectivity index (χ3n) is 3.77. The van der Waals surface area contributed by atoms with Crippen molar-refractivity contribution in [1.29, 1.82) is 0 Å². The minimum Gasteiger partial charge on any atom is -0.385 e. The molecule has 19 heavy (non-hydrogen) atoms. The average molecular weight is 261 g/mol. The Hall–Kier alpha value is -1.06. The van der Waals surface area contributed by atoms with Crippen molar-refractivity contribution in [3.63, 3.8) is 0 Å². The Labute approximate surface area is 117 Å². The number of rotatable bonds is 6. The van der Waals surface area contributed by atoms with E-state index in [1.807, 2.05) is 0 Å². The van der Waals surface area contributed by atoms with Crippen molar-refractivity contribution in [3.05, 3.63) is 29.8 Å². The van der Waals surface area contributed by atoms with Gasteiger partial charge in [0, 0.05) is 38.4 Å². The number of nitrogens with zero attached hydrogens (tertiary/aromatic N) is 1. The van der Waals surface area contributed by atoms with Gasteiger partial charge in [-0.1, -0.05) is 26.0 Å². The van der Waals surface area contributed by atoms with Gasteiger partial charge in [-0.25, -0.2) is 0 Å². The van der Waals surface area contributed by atoms with E-state index >= 15 is 0 Å². The van der Waals surface area contributed by atoms with E-state index < -0.39 is 0 Å². The number of hydrogen-bond donors (Lipinski definition) is 2. The van der Waals surface area contributed by atoms with Gasteiger partial charge >= 0.3 is 0 Å². The Morgan fingerprint density at radius 1 is 1.16 bits per heavy atom. The van der Waals surface area contributed by atoms with Crippen LogP contribution in [0, 0.1) is 0 Å². The van der Waals surface area contributed by atoms with Gasteiger partial charge in [0.25, 0.3) is 0 Å². The van der Waals surface area contributed by atoms with Crippen molar-refractivity contribution in [2.24, 2.45) is 0 Å². The zero-order valence-corrected chi connectivity index (χ0v) is 12.3. The number of anilines is 1. The van der Waals surface area contributed by atoms with E-state index in [9.17, 15) is 0 Å². The van der Waals surface area contributed by atoms with Crippen molar-refractivity contribution in [2.45, 2.75) is 26.2 Å². The van der Waals surface area contributed by atoms with Crippen LogP contribution in [-0.2, 0) is 0 Å². The highest BCUT2D eigenvalue weighted by molar-refractivity contribution is 5.45. The second-order valence-corrected chi connectivity index (χ2v) is 5.65. The van der Waals surface area contributed by atoms with Crippen LogP contribution < -0.4 is 10.6 Å². The Bertz CT molecular complexity index is 353. The van der Waals surface area contributed by atoms with Crippen LogP contribution in [0.4, 0.5) is 5.69 Å². The fourth-order valence-corrected chi connectivity index (χ4v) is 2.46. The lowest BCUT2D eigenvalue weighted by Gasteiger charge is -2.27. The van der Waals surface area contributed by atoms with Crippen LogP contribution in [0.2, 0.25) is 0 Å². The van der Waals surface area contributed by atoms with Gasteiger partial charge in [-0.3, -0.25) is 0 Å². The number of hydrogen-bond acceptors (Lipinski definition) is 3. The van der Waals surface area contributed by atoms with Gasteiger partial charge in [-0.15, -0.1) is 0 Å². The van der Waals surface area contributed by atoms with Gasteiger partial charge in [0.05, 0.1) is 0 Å². The van der Waals surface area contributed by atoms with Gasteiger partial charge in [0.15, 0.2) is 0 Å². The second-order valence-electron chi connectivity index (χ2n) is 5.65.